The van der Waals surface area contributed by atoms with Crippen LogP contribution in [0.3, 0.4) is 0 Å². The first kappa shape index (κ1) is 16.5. The van der Waals surface area contributed by atoms with Crippen LogP contribution < -0.4 is 4.72 Å². The number of aryl methyl sites for hydroxylation is 1. The van der Waals surface area contributed by atoms with E-state index in [0.29, 0.717) is 10.0 Å². The molecule has 0 unspecified atom stereocenters. The average Bonchev–Trinajstić information content (AvgIpc) is 2.31. The summed E-state index contributed by atoms with van der Waals surface area (Å²) >= 11 is 15.1. The molecule has 0 heterocycles. The second-order valence-corrected chi connectivity index (χ2v) is 7.62. The van der Waals surface area contributed by atoms with Gasteiger partial charge in [-0.3, -0.25) is 4.72 Å². The lowest BCUT2D eigenvalue weighted by atomic mass is 10.2. The molecule has 21 heavy (non-hydrogen) atoms. The Kier molecular flexibility index (Phi) is 4.82. The third kappa shape index (κ3) is 3.69. The first-order valence-electron chi connectivity index (χ1n) is 5.64. The Labute approximate surface area is 140 Å². The Morgan fingerprint density at radius 3 is 2.24 bits per heavy atom. The van der Waals surface area contributed by atoms with E-state index >= 15 is 0 Å². The number of rotatable bonds is 3. The SMILES string of the molecule is Cc1cc(NS(=O)(=O)c2c(Cl)cc(Br)cc2Cl)ccc1F. The molecule has 0 saturated heterocycles. The number of hydrogen-bond acceptors (Lipinski definition) is 2. The van der Waals surface area contributed by atoms with Gasteiger partial charge in [-0.2, -0.15) is 0 Å². The van der Waals surface area contributed by atoms with Gasteiger partial charge in [0.05, 0.1) is 10.0 Å². The van der Waals surface area contributed by atoms with Crippen molar-refractivity contribution in [2.45, 2.75) is 11.8 Å². The standard InChI is InChI=1S/C13H9BrCl2FNO2S/c1-7-4-9(2-3-12(7)17)18-21(19,20)13-10(15)5-8(14)6-11(13)16/h2-6,18H,1H3. The molecule has 2 rings (SSSR count). The Morgan fingerprint density at radius 1 is 1.14 bits per heavy atom. The van der Waals surface area contributed by atoms with Crippen molar-refractivity contribution in [3.8, 4) is 0 Å². The molecule has 0 radical (unpaired) electrons. The highest BCUT2D eigenvalue weighted by molar-refractivity contribution is 9.10. The predicted molar refractivity (Wildman–Crippen MR) is 86.1 cm³/mol. The van der Waals surface area contributed by atoms with Crippen LogP contribution in [0.15, 0.2) is 39.7 Å². The van der Waals surface area contributed by atoms with E-state index < -0.39 is 15.8 Å². The Hall–Kier alpha value is -0.820. The fourth-order valence-corrected chi connectivity index (χ4v) is 4.69. The second kappa shape index (κ2) is 6.12. The van der Waals surface area contributed by atoms with Gasteiger partial charge in [0.2, 0.25) is 0 Å². The predicted octanol–water partition coefficient (Wildman–Crippen LogP) is 5.00. The molecule has 1 N–H and O–H groups in total. The van der Waals surface area contributed by atoms with Crippen LogP contribution in [0, 0.1) is 12.7 Å². The molecule has 112 valence electrons. The second-order valence-electron chi connectivity index (χ2n) is 4.27. The summed E-state index contributed by atoms with van der Waals surface area (Å²) in [6.07, 6.45) is 0. The fourth-order valence-electron chi connectivity index (χ4n) is 1.70. The maximum absolute atomic E-state index is 13.2. The van der Waals surface area contributed by atoms with Crippen LogP contribution in [0.5, 0.6) is 0 Å². The molecule has 0 amide bonds. The van der Waals surface area contributed by atoms with Gasteiger partial charge in [-0.1, -0.05) is 39.1 Å². The largest absolute Gasteiger partial charge is 0.280 e. The van der Waals surface area contributed by atoms with Gasteiger partial charge >= 0.3 is 0 Å². The molecule has 0 aliphatic heterocycles. The third-order valence-corrected chi connectivity index (χ3v) is 5.40. The number of anilines is 1. The van der Waals surface area contributed by atoms with E-state index in [1.165, 1.54) is 37.3 Å². The van der Waals surface area contributed by atoms with Crippen LogP contribution in [0.1, 0.15) is 5.56 Å². The highest BCUT2D eigenvalue weighted by Gasteiger charge is 2.22. The van der Waals surface area contributed by atoms with Crippen molar-refractivity contribution in [1.82, 2.24) is 0 Å². The molecule has 0 aromatic heterocycles. The van der Waals surface area contributed by atoms with E-state index in [1.807, 2.05) is 0 Å². The molecule has 0 atom stereocenters. The molecule has 8 heteroatoms. The Balaban J connectivity index is 2.46. The first-order valence-corrected chi connectivity index (χ1v) is 8.67. The highest BCUT2D eigenvalue weighted by atomic mass is 79.9. The highest BCUT2D eigenvalue weighted by Crippen LogP contribution is 2.34. The van der Waals surface area contributed by atoms with Crippen LogP contribution >= 0.6 is 39.1 Å². The van der Waals surface area contributed by atoms with Crippen LogP contribution in [-0.2, 0) is 10.0 Å². The van der Waals surface area contributed by atoms with Crippen molar-refractivity contribution in [3.63, 3.8) is 0 Å². The van der Waals surface area contributed by atoms with Crippen molar-refractivity contribution in [3.05, 3.63) is 56.2 Å². The number of sulfonamides is 1. The minimum atomic E-state index is -3.98. The van der Waals surface area contributed by atoms with E-state index in [9.17, 15) is 12.8 Å². The lowest BCUT2D eigenvalue weighted by Gasteiger charge is -2.12. The van der Waals surface area contributed by atoms with Gasteiger partial charge in [0.25, 0.3) is 10.0 Å². The zero-order valence-corrected chi connectivity index (χ0v) is 14.5. The molecule has 2 aromatic rings. The van der Waals surface area contributed by atoms with Gasteiger partial charge in [0.15, 0.2) is 0 Å². The summed E-state index contributed by atoms with van der Waals surface area (Å²) in [6.45, 7) is 1.53. The number of benzene rings is 2. The third-order valence-electron chi connectivity index (χ3n) is 2.64. The van der Waals surface area contributed by atoms with Crippen molar-refractivity contribution in [2.24, 2.45) is 0 Å². The molecule has 0 spiro atoms. The Bertz CT molecular complexity index is 789. The van der Waals surface area contributed by atoms with Crippen LogP contribution in [-0.4, -0.2) is 8.42 Å². The van der Waals surface area contributed by atoms with E-state index in [-0.39, 0.29) is 20.6 Å². The maximum atomic E-state index is 13.2. The molecule has 3 nitrogen and oxygen atoms in total. The van der Waals surface area contributed by atoms with Gasteiger partial charge in [0.1, 0.15) is 10.7 Å². The molecule has 0 aliphatic carbocycles. The molecule has 0 fully saturated rings. The number of hydrogen-bond donors (Lipinski definition) is 1. The maximum Gasteiger partial charge on any atom is 0.264 e. The summed E-state index contributed by atoms with van der Waals surface area (Å²) in [5.74, 6) is -0.419. The van der Waals surface area contributed by atoms with Gasteiger partial charge in [-0.05, 0) is 42.8 Å². The van der Waals surface area contributed by atoms with Gasteiger partial charge in [-0.15, -0.1) is 0 Å². The molecular formula is C13H9BrCl2FNO2S. The van der Waals surface area contributed by atoms with Crippen molar-refractivity contribution in [1.29, 1.82) is 0 Å². The first-order chi connectivity index (χ1) is 9.70. The normalized spacial score (nSPS) is 11.5. The quantitative estimate of drug-likeness (QED) is 0.770. The molecule has 0 aliphatic rings. The lowest BCUT2D eigenvalue weighted by Crippen LogP contribution is -2.14. The smallest absolute Gasteiger partial charge is 0.264 e. The molecular weight excluding hydrogens is 404 g/mol. The zero-order valence-electron chi connectivity index (χ0n) is 10.6. The summed E-state index contributed by atoms with van der Waals surface area (Å²) in [6, 6.07) is 6.74. The van der Waals surface area contributed by atoms with Crippen LogP contribution in [0.2, 0.25) is 10.0 Å². The van der Waals surface area contributed by atoms with Gasteiger partial charge in [-0.25, -0.2) is 12.8 Å². The van der Waals surface area contributed by atoms with E-state index in [0.717, 1.165) is 0 Å². The van der Waals surface area contributed by atoms with E-state index in [4.69, 9.17) is 23.2 Å². The van der Waals surface area contributed by atoms with Crippen molar-refractivity contribution in [2.75, 3.05) is 4.72 Å². The van der Waals surface area contributed by atoms with E-state index in [2.05, 4.69) is 20.7 Å². The average molecular weight is 413 g/mol. The van der Waals surface area contributed by atoms with Crippen molar-refractivity contribution >= 4 is 54.8 Å². The number of nitrogens with one attached hydrogen (secondary N) is 1. The Morgan fingerprint density at radius 2 is 1.71 bits per heavy atom. The molecule has 0 saturated carbocycles. The van der Waals surface area contributed by atoms with Gasteiger partial charge in [0, 0.05) is 10.2 Å². The minimum absolute atomic E-state index is 0.0132. The summed E-state index contributed by atoms with van der Waals surface area (Å²) in [5, 5.41) is -0.0265. The topological polar surface area (TPSA) is 46.2 Å². The number of halogens is 4. The fraction of sp³-hybridized carbons (Fsp3) is 0.0769. The minimum Gasteiger partial charge on any atom is -0.280 e. The van der Waals surface area contributed by atoms with E-state index in [1.54, 1.807) is 0 Å². The monoisotopic (exact) mass is 411 g/mol. The zero-order chi connectivity index (χ0) is 15.8. The summed E-state index contributed by atoms with van der Waals surface area (Å²) in [5.41, 5.74) is 0.548. The molecule has 0 bridgehead atoms. The lowest BCUT2D eigenvalue weighted by molar-refractivity contribution is 0.601. The summed E-state index contributed by atoms with van der Waals surface area (Å²) in [4.78, 5) is -0.226. The van der Waals surface area contributed by atoms with Gasteiger partial charge < -0.3 is 0 Å². The molecule has 2 aromatic carbocycles. The van der Waals surface area contributed by atoms with Crippen LogP contribution in [0.4, 0.5) is 10.1 Å². The van der Waals surface area contributed by atoms with Crippen LogP contribution in [0.25, 0.3) is 0 Å². The summed E-state index contributed by atoms with van der Waals surface area (Å²) in [7, 11) is -3.98. The summed E-state index contributed by atoms with van der Waals surface area (Å²) < 4.78 is 40.8. The van der Waals surface area contributed by atoms with Crippen molar-refractivity contribution < 1.29 is 12.8 Å².